The van der Waals surface area contributed by atoms with Crippen molar-refractivity contribution in [2.24, 2.45) is 16.7 Å². The van der Waals surface area contributed by atoms with E-state index < -0.39 is 0 Å². The zero-order chi connectivity index (χ0) is 14.7. The predicted octanol–water partition coefficient (Wildman–Crippen LogP) is 5.40. The summed E-state index contributed by atoms with van der Waals surface area (Å²) >= 11 is 12.1. The lowest BCUT2D eigenvalue weighted by Gasteiger charge is -2.31. The summed E-state index contributed by atoms with van der Waals surface area (Å²) < 4.78 is 0. The van der Waals surface area contributed by atoms with Crippen LogP contribution in [0.4, 0.5) is 0 Å². The Morgan fingerprint density at radius 3 is 2.50 bits per heavy atom. The topological polar surface area (TPSA) is 17.1 Å². The summed E-state index contributed by atoms with van der Waals surface area (Å²) in [4.78, 5) is 12.7. The second-order valence-corrected chi connectivity index (χ2v) is 7.58. The van der Waals surface area contributed by atoms with Gasteiger partial charge in [-0.1, -0.05) is 50.0 Å². The van der Waals surface area contributed by atoms with Crippen LogP contribution in [-0.2, 0) is 4.79 Å². The Labute approximate surface area is 130 Å². The van der Waals surface area contributed by atoms with Crippen LogP contribution in [0.3, 0.4) is 0 Å². The van der Waals surface area contributed by atoms with Crippen LogP contribution < -0.4 is 0 Å². The lowest BCUT2D eigenvalue weighted by Crippen LogP contribution is -2.32. The first-order chi connectivity index (χ1) is 9.27. The Kier molecular flexibility index (Phi) is 3.08. The van der Waals surface area contributed by atoms with Crippen molar-refractivity contribution < 1.29 is 4.79 Å². The normalized spacial score (nSPS) is 33.1. The number of rotatable bonds is 1. The van der Waals surface area contributed by atoms with Gasteiger partial charge in [0.05, 0.1) is 0 Å². The van der Waals surface area contributed by atoms with E-state index in [1.807, 2.05) is 18.2 Å². The molecular formula is C17H18Cl2O. The van der Waals surface area contributed by atoms with Crippen LogP contribution in [-0.4, -0.2) is 5.78 Å². The van der Waals surface area contributed by atoms with Crippen LogP contribution in [0.15, 0.2) is 23.8 Å². The molecule has 3 heteroatoms. The molecule has 1 aromatic carbocycles. The Hall–Kier alpha value is -0.790. The molecule has 2 aliphatic carbocycles. The van der Waals surface area contributed by atoms with E-state index in [0.29, 0.717) is 21.7 Å². The third-order valence-electron chi connectivity index (χ3n) is 5.64. The number of halogens is 2. The van der Waals surface area contributed by atoms with E-state index in [-0.39, 0.29) is 10.8 Å². The summed E-state index contributed by atoms with van der Waals surface area (Å²) in [6.07, 6.45) is 4.05. The molecule has 2 fully saturated rings. The van der Waals surface area contributed by atoms with Crippen molar-refractivity contribution in [2.75, 3.05) is 0 Å². The number of fused-ring (bicyclic) bond motifs is 2. The van der Waals surface area contributed by atoms with E-state index in [1.165, 1.54) is 0 Å². The van der Waals surface area contributed by atoms with Gasteiger partial charge in [0.25, 0.3) is 0 Å². The number of carbonyl (C=O) groups is 1. The van der Waals surface area contributed by atoms with Gasteiger partial charge in [-0.3, -0.25) is 4.79 Å². The van der Waals surface area contributed by atoms with Crippen molar-refractivity contribution in [1.82, 2.24) is 0 Å². The Balaban J connectivity index is 2.08. The lowest BCUT2D eigenvalue weighted by atomic mass is 9.70. The first kappa shape index (κ1) is 14.2. The zero-order valence-electron chi connectivity index (χ0n) is 12.0. The Morgan fingerprint density at radius 2 is 1.95 bits per heavy atom. The second-order valence-electron chi connectivity index (χ2n) is 6.74. The number of ketones is 1. The maximum absolute atomic E-state index is 12.7. The highest BCUT2D eigenvalue weighted by molar-refractivity contribution is 6.35. The van der Waals surface area contributed by atoms with Crippen molar-refractivity contribution in [1.29, 1.82) is 0 Å². The molecule has 0 aliphatic heterocycles. The third-order valence-corrected chi connectivity index (χ3v) is 6.20. The lowest BCUT2D eigenvalue weighted by molar-refractivity contribution is -0.125. The van der Waals surface area contributed by atoms with Gasteiger partial charge in [0.2, 0.25) is 0 Å². The Bertz CT molecular complexity index is 630. The summed E-state index contributed by atoms with van der Waals surface area (Å²) in [7, 11) is 0. The molecule has 0 amide bonds. The van der Waals surface area contributed by atoms with Gasteiger partial charge < -0.3 is 0 Å². The van der Waals surface area contributed by atoms with Gasteiger partial charge in [0, 0.05) is 21.0 Å². The van der Waals surface area contributed by atoms with Crippen LogP contribution >= 0.6 is 23.2 Å². The maximum atomic E-state index is 12.7. The molecule has 0 heterocycles. The average molecular weight is 309 g/mol. The van der Waals surface area contributed by atoms with Crippen molar-refractivity contribution in [3.05, 3.63) is 39.4 Å². The van der Waals surface area contributed by atoms with E-state index in [4.69, 9.17) is 23.2 Å². The van der Waals surface area contributed by atoms with E-state index in [9.17, 15) is 4.79 Å². The highest BCUT2D eigenvalue weighted by atomic mass is 35.5. The molecule has 2 aliphatic rings. The molecular weight excluding hydrogens is 291 g/mol. The molecule has 0 saturated heterocycles. The molecule has 2 atom stereocenters. The molecule has 0 spiro atoms. The molecule has 0 aromatic heterocycles. The number of hydrogen-bond acceptors (Lipinski definition) is 1. The molecule has 0 radical (unpaired) electrons. The first-order valence-corrected chi connectivity index (χ1v) is 7.74. The fraction of sp³-hybridized carbons (Fsp3) is 0.471. The van der Waals surface area contributed by atoms with Crippen molar-refractivity contribution in [3.63, 3.8) is 0 Å². The molecule has 3 rings (SSSR count). The van der Waals surface area contributed by atoms with Gasteiger partial charge in [-0.25, -0.2) is 0 Å². The molecule has 0 N–H and O–H groups in total. The van der Waals surface area contributed by atoms with Gasteiger partial charge in [-0.2, -0.15) is 0 Å². The SMILES string of the molecule is CC1(C)[C@@H]2CC[C@@]1(C)C(=O)/C2=C/c1ccc(Cl)cc1Cl. The van der Waals surface area contributed by atoms with Gasteiger partial charge in [-0.15, -0.1) is 0 Å². The molecule has 20 heavy (non-hydrogen) atoms. The van der Waals surface area contributed by atoms with Crippen LogP contribution in [0.25, 0.3) is 6.08 Å². The van der Waals surface area contributed by atoms with E-state index in [0.717, 1.165) is 24.0 Å². The highest BCUT2D eigenvalue weighted by Gasteiger charge is 2.63. The highest BCUT2D eigenvalue weighted by Crippen LogP contribution is 2.65. The smallest absolute Gasteiger partial charge is 0.165 e. The van der Waals surface area contributed by atoms with Gasteiger partial charge >= 0.3 is 0 Å². The summed E-state index contributed by atoms with van der Waals surface area (Å²) in [5, 5.41) is 1.22. The summed E-state index contributed by atoms with van der Waals surface area (Å²) in [5.41, 5.74) is 1.64. The number of carbonyl (C=O) groups excluding carboxylic acids is 1. The average Bonchev–Trinajstić information content (AvgIpc) is 2.67. The molecule has 1 nitrogen and oxygen atoms in total. The van der Waals surface area contributed by atoms with Crippen molar-refractivity contribution >= 4 is 35.1 Å². The standard InChI is InChI=1S/C17H18Cl2O/c1-16(2)13-6-7-17(16,3)15(20)12(13)8-10-4-5-11(18)9-14(10)19/h4-5,8-9,13H,6-7H2,1-3H3/b12-8+/t13-,17+/m1/s1. The van der Waals surface area contributed by atoms with Crippen LogP contribution in [0.5, 0.6) is 0 Å². The predicted molar refractivity (Wildman–Crippen MR) is 84.1 cm³/mol. The molecule has 2 saturated carbocycles. The molecule has 1 aromatic rings. The number of Topliss-reactive ketones (excluding diaryl/α,β-unsaturated/α-hetero) is 1. The third kappa shape index (κ3) is 1.72. The minimum Gasteiger partial charge on any atom is -0.294 e. The number of benzene rings is 1. The molecule has 0 unspecified atom stereocenters. The monoisotopic (exact) mass is 308 g/mol. The van der Waals surface area contributed by atoms with Gasteiger partial charge in [0.1, 0.15) is 0 Å². The molecule has 106 valence electrons. The number of allylic oxidation sites excluding steroid dienone is 1. The van der Waals surface area contributed by atoms with Gasteiger partial charge in [0.15, 0.2) is 5.78 Å². The fourth-order valence-corrected chi connectivity index (χ4v) is 4.34. The van der Waals surface area contributed by atoms with Gasteiger partial charge in [-0.05, 0) is 47.9 Å². The minimum absolute atomic E-state index is 0.0365. The molecule has 2 bridgehead atoms. The van der Waals surface area contributed by atoms with Crippen LogP contribution in [0, 0.1) is 16.7 Å². The van der Waals surface area contributed by atoms with E-state index in [1.54, 1.807) is 6.07 Å². The quantitative estimate of drug-likeness (QED) is 0.635. The summed E-state index contributed by atoms with van der Waals surface area (Å²) in [6, 6.07) is 5.41. The van der Waals surface area contributed by atoms with E-state index >= 15 is 0 Å². The summed E-state index contributed by atoms with van der Waals surface area (Å²) in [6.45, 7) is 6.54. The van der Waals surface area contributed by atoms with Crippen molar-refractivity contribution in [3.8, 4) is 0 Å². The zero-order valence-corrected chi connectivity index (χ0v) is 13.5. The summed E-state index contributed by atoms with van der Waals surface area (Å²) in [5.74, 6) is 0.636. The van der Waals surface area contributed by atoms with Crippen molar-refractivity contribution in [2.45, 2.75) is 33.6 Å². The second kappa shape index (κ2) is 4.35. The maximum Gasteiger partial charge on any atom is 0.165 e. The number of hydrogen-bond donors (Lipinski definition) is 0. The largest absolute Gasteiger partial charge is 0.294 e. The Morgan fingerprint density at radius 1 is 1.25 bits per heavy atom. The first-order valence-electron chi connectivity index (χ1n) is 6.99. The fourth-order valence-electron chi connectivity index (χ4n) is 3.88. The van der Waals surface area contributed by atoms with Crippen LogP contribution in [0.2, 0.25) is 10.0 Å². The van der Waals surface area contributed by atoms with Crippen LogP contribution in [0.1, 0.15) is 39.2 Å². The van der Waals surface area contributed by atoms with E-state index in [2.05, 4.69) is 20.8 Å². The minimum atomic E-state index is -0.220.